The lowest BCUT2D eigenvalue weighted by Gasteiger charge is -2.34. The van der Waals surface area contributed by atoms with Gasteiger partial charge in [-0.1, -0.05) is 44.4 Å². The molecular formula is C19H29N. The molecule has 1 aromatic rings. The number of benzene rings is 1. The second kappa shape index (κ2) is 6.30. The van der Waals surface area contributed by atoms with E-state index in [9.17, 15) is 0 Å². The van der Waals surface area contributed by atoms with Gasteiger partial charge in [0.05, 0.1) is 0 Å². The van der Waals surface area contributed by atoms with Crippen LogP contribution >= 0.6 is 0 Å². The Bertz CT molecular complexity index is 441. The van der Waals surface area contributed by atoms with Crippen molar-refractivity contribution in [3.05, 3.63) is 34.9 Å². The summed E-state index contributed by atoms with van der Waals surface area (Å²) in [4.78, 5) is 0. The Balaban J connectivity index is 1.78. The topological polar surface area (TPSA) is 12.0 Å². The Morgan fingerprint density at radius 1 is 1.05 bits per heavy atom. The summed E-state index contributed by atoms with van der Waals surface area (Å²) in [6.45, 7) is 3.54. The third-order valence-electron chi connectivity index (χ3n) is 5.27. The highest BCUT2D eigenvalue weighted by Gasteiger charge is 2.30. The number of hydrogen-bond donors (Lipinski definition) is 1. The van der Waals surface area contributed by atoms with Crippen molar-refractivity contribution in [3.63, 3.8) is 0 Å². The molecule has 20 heavy (non-hydrogen) atoms. The van der Waals surface area contributed by atoms with Crippen molar-refractivity contribution in [2.24, 2.45) is 0 Å². The Labute approximate surface area is 124 Å². The van der Waals surface area contributed by atoms with Gasteiger partial charge in [0.2, 0.25) is 0 Å². The Morgan fingerprint density at radius 2 is 1.95 bits per heavy atom. The summed E-state index contributed by atoms with van der Waals surface area (Å²) < 4.78 is 0. The van der Waals surface area contributed by atoms with Gasteiger partial charge in [0.15, 0.2) is 0 Å². The molecule has 1 aliphatic carbocycles. The van der Waals surface area contributed by atoms with E-state index in [-0.39, 0.29) is 0 Å². The van der Waals surface area contributed by atoms with Gasteiger partial charge in [0.25, 0.3) is 0 Å². The molecule has 0 bridgehead atoms. The summed E-state index contributed by atoms with van der Waals surface area (Å²) in [5.74, 6) is 0. The first kappa shape index (κ1) is 14.1. The van der Waals surface area contributed by atoms with Crippen LogP contribution in [0.4, 0.5) is 0 Å². The molecule has 0 radical (unpaired) electrons. The van der Waals surface area contributed by atoms with E-state index in [0.29, 0.717) is 5.54 Å². The standard InChI is InChI=1S/C19H29N/c1-2-11-19(12-4-3-5-13-20-19)15-16-9-10-17-7-6-8-18(17)14-16/h9-10,14,20H,2-8,11-13,15H2,1H3. The van der Waals surface area contributed by atoms with Gasteiger partial charge in [-0.05, 0) is 68.2 Å². The highest BCUT2D eigenvalue weighted by molar-refractivity contribution is 5.36. The highest BCUT2D eigenvalue weighted by atomic mass is 15.0. The summed E-state index contributed by atoms with van der Waals surface area (Å²) in [5.41, 5.74) is 5.17. The molecule has 110 valence electrons. The molecule has 1 fully saturated rings. The average Bonchev–Trinajstić information content (AvgIpc) is 2.79. The van der Waals surface area contributed by atoms with Crippen LogP contribution in [0, 0.1) is 0 Å². The van der Waals surface area contributed by atoms with Crippen molar-refractivity contribution in [3.8, 4) is 0 Å². The van der Waals surface area contributed by atoms with Crippen LogP contribution in [0.2, 0.25) is 0 Å². The predicted octanol–water partition coefficient (Wildman–Crippen LogP) is 4.42. The van der Waals surface area contributed by atoms with Gasteiger partial charge in [-0.25, -0.2) is 0 Å². The van der Waals surface area contributed by atoms with Gasteiger partial charge < -0.3 is 5.32 Å². The Kier molecular flexibility index (Phi) is 4.45. The molecule has 1 heteroatoms. The van der Waals surface area contributed by atoms with Gasteiger partial charge in [-0.2, -0.15) is 0 Å². The van der Waals surface area contributed by atoms with Crippen molar-refractivity contribution in [2.75, 3.05) is 6.54 Å². The molecule has 1 atom stereocenters. The first-order valence-corrected chi connectivity index (χ1v) is 8.67. The number of nitrogens with one attached hydrogen (secondary N) is 1. The normalized spacial score (nSPS) is 26.2. The number of hydrogen-bond acceptors (Lipinski definition) is 1. The van der Waals surface area contributed by atoms with Crippen LogP contribution < -0.4 is 5.32 Å². The van der Waals surface area contributed by atoms with Crippen LogP contribution in [-0.2, 0) is 19.3 Å². The van der Waals surface area contributed by atoms with E-state index in [1.165, 1.54) is 70.8 Å². The van der Waals surface area contributed by atoms with Crippen molar-refractivity contribution in [1.82, 2.24) is 5.32 Å². The highest BCUT2D eigenvalue weighted by Crippen LogP contribution is 2.30. The molecule has 1 heterocycles. The van der Waals surface area contributed by atoms with E-state index < -0.39 is 0 Å². The van der Waals surface area contributed by atoms with Gasteiger partial charge in [0, 0.05) is 5.54 Å². The summed E-state index contributed by atoms with van der Waals surface area (Å²) in [5, 5.41) is 3.91. The van der Waals surface area contributed by atoms with Gasteiger partial charge in [-0.3, -0.25) is 0 Å². The van der Waals surface area contributed by atoms with Crippen molar-refractivity contribution in [2.45, 2.75) is 76.7 Å². The summed E-state index contributed by atoms with van der Waals surface area (Å²) in [7, 11) is 0. The fourth-order valence-corrected chi connectivity index (χ4v) is 4.26. The minimum absolute atomic E-state index is 0.373. The third-order valence-corrected chi connectivity index (χ3v) is 5.27. The maximum absolute atomic E-state index is 3.91. The monoisotopic (exact) mass is 271 g/mol. The van der Waals surface area contributed by atoms with Gasteiger partial charge >= 0.3 is 0 Å². The third kappa shape index (κ3) is 3.09. The first-order chi connectivity index (χ1) is 9.81. The summed E-state index contributed by atoms with van der Waals surface area (Å²) in [6, 6.07) is 7.30. The zero-order chi connectivity index (χ0) is 13.8. The van der Waals surface area contributed by atoms with Crippen LogP contribution in [0.3, 0.4) is 0 Å². The maximum Gasteiger partial charge on any atom is 0.0221 e. The van der Waals surface area contributed by atoms with Crippen LogP contribution in [0.1, 0.15) is 68.6 Å². The number of fused-ring (bicyclic) bond motifs is 1. The van der Waals surface area contributed by atoms with Crippen molar-refractivity contribution < 1.29 is 0 Å². The van der Waals surface area contributed by atoms with E-state index in [1.807, 2.05) is 0 Å². The lowest BCUT2D eigenvalue weighted by Crippen LogP contribution is -2.46. The molecule has 2 aliphatic rings. The van der Waals surface area contributed by atoms with Gasteiger partial charge in [0.1, 0.15) is 0 Å². The second-order valence-corrected chi connectivity index (χ2v) is 6.90. The molecule has 1 unspecified atom stereocenters. The maximum atomic E-state index is 3.91. The zero-order valence-electron chi connectivity index (χ0n) is 13.0. The molecule has 1 aromatic carbocycles. The zero-order valence-corrected chi connectivity index (χ0v) is 13.0. The predicted molar refractivity (Wildman–Crippen MR) is 86.3 cm³/mol. The fourth-order valence-electron chi connectivity index (χ4n) is 4.26. The minimum Gasteiger partial charge on any atom is -0.311 e. The molecule has 1 aliphatic heterocycles. The summed E-state index contributed by atoms with van der Waals surface area (Å²) >= 11 is 0. The molecule has 0 spiro atoms. The second-order valence-electron chi connectivity index (χ2n) is 6.90. The lowest BCUT2D eigenvalue weighted by atomic mass is 9.82. The molecule has 0 amide bonds. The van der Waals surface area contributed by atoms with Crippen molar-refractivity contribution in [1.29, 1.82) is 0 Å². The van der Waals surface area contributed by atoms with Crippen LogP contribution in [0.5, 0.6) is 0 Å². The lowest BCUT2D eigenvalue weighted by molar-refractivity contribution is 0.288. The van der Waals surface area contributed by atoms with E-state index in [0.717, 1.165) is 0 Å². The molecular weight excluding hydrogens is 242 g/mol. The smallest absolute Gasteiger partial charge is 0.0221 e. The SMILES string of the molecule is CCCC1(Cc2ccc3c(c2)CCC3)CCCCCN1. The molecule has 1 nitrogen and oxygen atoms in total. The van der Waals surface area contributed by atoms with Crippen LogP contribution in [0.15, 0.2) is 18.2 Å². The van der Waals surface area contributed by atoms with Crippen molar-refractivity contribution >= 4 is 0 Å². The Morgan fingerprint density at radius 3 is 2.85 bits per heavy atom. The molecule has 3 rings (SSSR count). The molecule has 1 N–H and O–H groups in total. The van der Waals surface area contributed by atoms with E-state index >= 15 is 0 Å². The van der Waals surface area contributed by atoms with E-state index in [4.69, 9.17) is 0 Å². The summed E-state index contributed by atoms with van der Waals surface area (Å²) in [6.07, 6.45) is 13.3. The molecule has 1 saturated heterocycles. The largest absolute Gasteiger partial charge is 0.311 e. The fraction of sp³-hybridized carbons (Fsp3) is 0.684. The Hall–Kier alpha value is -0.820. The minimum atomic E-state index is 0.373. The van der Waals surface area contributed by atoms with E-state index in [1.54, 1.807) is 16.7 Å². The van der Waals surface area contributed by atoms with E-state index in [2.05, 4.69) is 30.4 Å². The first-order valence-electron chi connectivity index (χ1n) is 8.67. The quantitative estimate of drug-likeness (QED) is 0.854. The average molecular weight is 271 g/mol. The molecule has 0 aromatic heterocycles. The van der Waals surface area contributed by atoms with Crippen LogP contribution in [-0.4, -0.2) is 12.1 Å². The number of aryl methyl sites for hydroxylation is 2. The number of rotatable bonds is 4. The van der Waals surface area contributed by atoms with Gasteiger partial charge in [-0.15, -0.1) is 0 Å². The molecule has 0 saturated carbocycles. The van der Waals surface area contributed by atoms with Crippen LogP contribution in [0.25, 0.3) is 0 Å².